The van der Waals surface area contributed by atoms with Crippen LogP contribution in [0.15, 0.2) is 18.6 Å². The summed E-state index contributed by atoms with van der Waals surface area (Å²) in [5, 5.41) is 10.8. The number of pyridine rings is 1. The smallest absolute Gasteiger partial charge is 0.322 e. The largest absolute Gasteiger partial charge is 0.480 e. The monoisotopic (exact) mass is 332 g/mol. The number of carbonyl (C=O) groups is 1. The van der Waals surface area contributed by atoms with Gasteiger partial charge in [-0.3, -0.25) is 0 Å². The molecule has 0 aliphatic carbocycles. The number of hydrogen-bond acceptors (Lipinski definition) is 6. The van der Waals surface area contributed by atoms with Crippen molar-refractivity contribution in [2.24, 2.45) is 7.05 Å². The Morgan fingerprint density at radius 1 is 1.50 bits per heavy atom. The van der Waals surface area contributed by atoms with Gasteiger partial charge in [-0.15, -0.1) is 10.2 Å². The highest BCUT2D eigenvalue weighted by atomic mass is 16.5. The van der Waals surface area contributed by atoms with E-state index in [2.05, 4.69) is 20.5 Å². The number of hydrogen-bond donors (Lipinski definition) is 1. The number of morpholine rings is 1. The third-order valence-corrected chi connectivity index (χ3v) is 3.81. The van der Waals surface area contributed by atoms with E-state index in [0.29, 0.717) is 37.1 Å². The quantitative estimate of drug-likeness (QED) is 0.905. The maximum atomic E-state index is 12.6. The van der Waals surface area contributed by atoms with Gasteiger partial charge in [0.2, 0.25) is 5.88 Å². The molecule has 1 aliphatic rings. The molecule has 1 aliphatic heterocycles. The Morgan fingerprint density at radius 2 is 2.33 bits per heavy atom. The van der Waals surface area contributed by atoms with Crippen molar-refractivity contribution >= 4 is 11.7 Å². The highest BCUT2D eigenvalue weighted by molar-refractivity contribution is 5.90. The molecule has 3 rings (SSSR count). The number of nitrogens with one attached hydrogen (secondary N) is 1. The van der Waals surface area contributed by atoms with Gasteiger partial charge in [0.05, 0.1) is 20.3 Å². The average molecular weight is 332 g/mol. The minimum Gasteiger partial charge on any atom is -0.480 e. The van der Waals surface area contributed by atoms with Gasteiger partial charge in [0, 0.05) is 19.8 Å². The SMILES string of the molecule is COc1ncc(C)cc1NC(=O)N1CCO[C@H](c2nncn2C)C1. The van der Waals surface area contributed by atoms with Crippen LogP contribution in [0.1, 0.15) is 17.5 Å². The van der Waals surface area contributed by atoms with E-state index < -0.39 is 0 Å². The molecule has 24 heavy (non-hydrogen) atoms. The Labute approximate surface area is 139 Å². The molecule has 2 aromatic rings. The number of amides is 2. The van der Waals surface area contributed by atoms with Crippen LogP contribution in [0.5, 0.6) is 5.88 Å². The summed E-state index contributed by atoms with van der Waals surface area (Å²) in [6, 6.07) is 1.60. The van der Waals surface area contributed by atoms with E-state index in [1.54, 1.807) is 22.0 Å². The number of nitrogens with zero attached hydrogens (tertiary/aromatic N) is 5. The van der Waals surface area contributed by atoms with Gasteiger partial charge in [-0.05, 0) is 18.6 Å². The molecule has 128 valence electrons. The highest BCUT2D eigenvalue weighted by Crippen LogP contribution is 2.24. The van der Waals surface area contributed by atoms with Crippen molar-refractivity contribution < 1.29 is 14.3 Å². The number of ether oxygens (including phenoxy) is 2. The zero-order valence-electron chi connectivity index (χ0n) is 13.9. The van der Waals surface area contributed by atoms with Crippen LogP contribution in [0.4, 0.5) is 10.5 Å². The minimum atomic E-state index is -0.297. The van der Waals surface area contributed by atoms with Gasteiger partial charge in [0.15, 0.2) is 5.82 Å². The fourth-order valence-corrected chi connectivity index (χ4v) is 2.58. The maximum absolute atomic E-state index is 12.6. The Bertz CT molecular complexity index is 732. The van der Waals surface area contributed by atoms with Crippen LogP contribution >= 0.6 is 0 Å². The molecule has 1 atom stereocenters. The van der Waals surface area contributed by atoms with E-state index in [1.807, 2.05) is 20.0 Å². The topological polar surface area (TPSA) is 94.4 Å². The van der Waals surface area contributed by atoms with E-state index in [4.69, 9.17) is 9.47 Å². The first kappa shape index (κ1) is 16.2. The zero-order valence-corrected chi connectivity index (χ0v) is 13.9. The molecule has 9 heteroatoms. The second-order valence-electron chi connectivity index (χ2n) is 5.61. The Hall–Kier alpha value is -2.68. The number of rotatable bonds is 3. The summed E-state index contributed by atoms with van der Waals surface area (Å²) in [4.78, 5) is 18.4. The average Bonchev–Trinajstić information content (AvgIpc) is 3.01. The summed E-state index contributed by atoms with van der Waals surface area (Å²) in [6.45, 7) is 3.25. The second-order valence-corrected chi connectivity index (χ2v) is 5.61. The number of aromatic nitrogens is 4. The van der Waals surface area contributed by atoms with Crippen LogP contribution in [0.25, 0.3) is 0 Å². The summed E-state index contributed by atoms with van der Waals surface area (Å²) in [5.74, 6) is 1.08. The molecule has 1 N–H and O–H groups in total. The van der Waals surface area contributed by atoms with Crippen LogP contribution in [0.3, 0.4) is 0 Å². The molecule has 2 amide bonds. The lowest BCUT2D eigenvalue weighted by molar-refractivity contribution is -0.0196. The molecule has 2 aromatic heterocycles. The first-order valence-corrected chi connectivity index (χ1v) is 7.60. The Kier molecular flexibility index (Phi) is 4.61. The molecule has 0 radical (unpaired) electrons. The molecule has 0 saturated carbocycles. The van der Waals surface area contributed by atoms with Crippen molar-refractivity contribution in [3.05, 3.63) is 30.0 Å². The van der Waals surface area contributed by atoms with Crippen LogP contribution in [0.2, 0.25) is 0 Å². The summed E-state index contributed by atoms with van der Waals surface area (Å²) in [5.41, 5.74) is 1.48. The van der Waals surface area contributed by atoms with Crippen molar-refractivity contribution in [2.75, 3.05) is 32.1 Å². The number of anilines is 1. The molecule has 0 bridgehead atoms. The van der Waals surface area contributed by atoms with Gasteiger partial charge < -0.3 is 24.3 Å². The van der Waals surface area contributed by atoms with E-state index in [0.717, 1.165) is 5.56 Å². The third kappa shape index (κ3) is 3.30. The fourth-order valence-electron chi connectivity index (χ4n) is 2.58. The number of methoxy groups -OCH3 is 1. The minimum absolute atomic E-state index is 0.226. The van der Waals surface area contributed by atoms with E-state index in [-0.39, 0.29) is 12.1 Å². The van der Waals surface area contributed by atoms with Gasteiger partial charge in [0.25, 0.3) is 0 Å². The van der Waals surface area contributed by atoms with Crippen molar-refractivity contribution in [3.63, 3.8) is 0 Å². The van der Waals surface area contributed by atoms with Crippen LogP contribution < -0.4 is 10.1 Å². The lowest BCUT2D eigenvalue weighted by atomic mass is 10.2. The number of carbonyl (C=O) groups excluding carboxylic acids is 1. The van der Waals surface area contributed by atoms with Gasteiger partial charge in [0.1, 0.15) is 18.1 Å². The molecule has 1 fully saturated rings. The van der Waals surface area contributed by atoms with Gasteiger partial charge in [-0.2, -0.15) is 0 Å². The summed E-state index contributed by atoms with van der Waals surface area (Å²) in [7, 11) is 3.37. The summed E-state index contributed by atoms with van der Waals surface area (Å²) >= 11 is 0. The lowest BCUT2D eigenvalue weighted by Gasteiger charge is -2.32. The standard InChI is InChI=1S/C15H20N6O3/c1-10-6-11(14(23-3)16-7-10)18-15(22)21-4-5-24-12(8-21)13-19-17-9-20(13)2/h6-7,9,12H,4-5,8H2,1-3H3,(H,18,22)/t12-/m0/s1. The van der Waals surface area contributed by atoms with E-state index in [1.165, 1.54) is 7.11 Å². The van der Waals surface area contributed by atoms with Crippen LogP contribution in [-0.4, -0.2) is 57.5 Å². The lowest BCUT2D eigenvalue weighted by Crippen LogP contribution is -2.44. The van der Waals surface area contributed by atoms with Crippen molar-refractivity contribution in [3.8, 4) is 5.88 Å². The molecule has 0 aromatic carbocycles. The molecule has 1 saturated heterocycles. The van der Waals surface area contributed by atoms with Gasteiger partial charge >= 0.3 is 6.03 Å². The van der Waals surface area contributed by atoms with Gasteiger partial charge in [-0.1, -0.05) is 0 Å². The highest BCUT2D eigenvalue weighted by Gasteiger charge is 2.28. The molecule has 0 unspecified atom stereocenters. The van der Waals surface area contributed by atoms with Crippen molar-refractivity contribution in [1.82, 2.24) is 24.6 Å². The molecular weight excluding hydrogens is 312 g/mol. The fraction of sp³-hybridized carbons (Fsp3) is 0.467. The molecular formula is C15H20N6O3. The third-order valence-electron chi connectivity index (χ3n) is 3.81. The first-order valence-electron chi connectivity index (χ1n) is 7.60. The maximum Gasteiger partial charge on any atom is 0.322 e. The zero-order chi connectivity index (χ0) is 17.1. The predicted molar refractivity (Wildman–Crippen MR) is 85.8 cm³/mol. The van der Waals surface area contributed by atoms with E-state index >= 15 is 0 Å². The predicted octanol–water partition coefficient (Wildman–Crippen LogP) is 1.13. The van der Waals surface area contributed by atoms with Gasteiger partial charge in [-0.25, -0.2) is 9.78 Å². The van der Waals surface area contributed by atoms with Crippen LogP contribution in [0, 0.1) is 6.92 Å². The number of aryl methyl sites for hydroxylation is 2. The molecule has 3 heterocycles. The molecule has 0 spiro atoms. The summed E-state index contributed by atoms with van der Waals surface area (Å²) < 4.78 is 12.7. The normalized spacial score (nSPS) is 17.6. The Morgan fingerprint density at radius 3 is 3.04 bits per heavy atom. The van der Waals surface area contributed by atoms with Crippen molar-refractivity contribution in [1.29, 1.82) is 0 Å². The van der Waals surface area contributed by atoms with Crippen molar-refractivity contribution in [2.45, 2.75) is 13.0 Å². The first-order chi connectivity index (χ1) is 11.6. The Balaban J connectivity index is 1.71. The summed E-state index contributed by atoms with van der Waals surface area (Å²) in [6.07, 6.45) is 3.00. The second kappa shape index (κ2) is 6.83. The van der Waals surface area contributed by atoms with E-state index in [9.17, 15) is 4.79 Å². The number of urea groups is 1. The van der Waals surface area contributed by atoms with Crippen LogP contribution in [-0.2, 0) is 11.8 Å². The molecule has 9 nitrogen and oxygen atoms in total.